The van der Waals surface area contributed by atoms with Crippen molar-refractivity contribution in [3.05, 3.63) is 30.3 Å². The lowest BCUT2D eigenvalue weighted by molar-refractivity contribution is -0.129. The molecular formula is C13H17NO2S. The zero-order chi connectivity index (χ0) is 12.1. The molecule has 1 amide bonds. The molecule has 1 aromatic rings. The summed E-state index contributed by atoms with van der Waals surface area (Å²) >= 11 is 1.56. The molecule has 0 bridgehead atoms. The lowest BCUT2D eigenvalue weighted by Gasteiger charge is -2.22. The third kappa shape index (κ3) is 3.23. The fraction of sp³-hybridized carbons (Fsp3) is 0.462. The van der Waals surface area contributed by atoms with Crippen molar-refractivity contribution >= 4 is 17.7 Å². The van der Waals surface area contributed by atoms with Gasteiger partial charge in [-0.15, -0.1) is 11.8 Å². The van der Waals surface area contributed by atoms with Gasteiger partial charge in [-0.3, -0.25) is 4.79 Å². The maximum atomic E-state index is 12.0. The molecule has 1 aromatic carbocycles. The molecule has 17 heavy (non-hydrogen) atoms. The summed E-state index contributed by atoms with van der Waals surface area (Å²) in [4.78, 5) is 14.9. The minimum atomic E-state index is 0.0406. The van der Waals surface area contributed by atoms with Crippen molar-refractivity contribution in [1.29, 1.82) is 0 Å². The van der Waals surface area contributed by atoms with E-state index in [0.717, 1.165) is 24.3 Å². The average molecular weight is 251 g/mol. The van der Waals surface area contributed by atoms with Crippen molar-refractivity contribution < 1.29 is 9.90 Å². The number of aliphatic hydroxyl groups excluding tert-OH is 1. The number of rotatable bonds is 4. The standard InChI is InChI=1S/C13H17NO2S/c15-9-11-5-4-8-14(11)13(16)10-17-12-6-2-1-3-7-12/h1-3,6-7,11,15H,4-5,8-10H2/t11-/m1/s1. The van der Waals surface area contributed by atoms with E-state index in [1.807, 2.05) is 35.2 Å². The van der Waals surface area contributed by atoms with E-state index in [2.05, 4.69) is 0 Å². The van der Waals surface area contributed by atoms with E-state index in [0.29, 0.717) is 5.75 Å². The molecule has 0 radical (unpaired) electrons. The Kier molecular flexibility index (Phi) is 4.45. The number of benzene rings is 1. The highest BCUT2D eigenvalue weighted by atomic mass is 32.2. The second-order valence-corrected chi connectivity index (χ2v) is 5.22. The zero-order valence-electron chi connectivity index (χ0n) is 9.71. The predicted octanol–water partition coefficient (Wildman–Crippen LogP) is 1.76. The smallest absolute Gasteiger partial charge is 0.233 e. The molecular weight excluding hydrogens is 234 g/mol. The Bertz CT molecular complexity index is 369. The molecule has 1 aliphatic heterocycles. The summed E-state index contributed by atoms with van der Waals surface area (Å²) in [5, 5.41) is 9.17. The van der Waals surface area contributed by atoms with Gasteiger partial charge in [-0.25, -0.2) is 0 Å². The Labute approximate surface area is 106 Å². The molecule has 1 aliphatic rings. The van der Waals surface area contributed by atoms with E-state index in [1.54, 1.807) is 11.8 Å². The Balaban J connectivity index is 1.85. The molecule has 0 saturated carbocycles. The first-order chi connectivity index (χ1) is 8.31. The van der Waals surface area contributed by atoms with Gasteiger partial charge < -0.3 is 10.0 Å². The van der Waals surface area contributed by atoms with E-state index < -0.39 is 0 Å². The summed E-state index contributed by atoms with van der Waals surface area (Å²) in [5.74, 6) is 0.593. The van der Waals surface area contributed by atoms with Gasteiger partial charge in [0.1, 0.15) is 0 Å². The Hall–Kier alpha value is -1.00. The van der Waals surface area contributed by atoms with Crippen LogP contribution in [0.1, 0.15) is 12.8 Å². The normalized spacial score (nSPS) is 19.6. The van der Waals surface area contributed by atoms with Crippen LogP contribution in [0.5, 0.6) is 0 Å². The van der Waals surface area contributed by atoms with Crippen LogP contribution in [-0.2, 0) is 4.79 Å². The zero-order valence-corrected chi connectivity index (χ0v) is 10.5. The Morgan fingerprint density at radius 3 is 2.88 bits per heavy atom. The van der Waals surface area contributed by atoms with E-state index in [1.165, 1.54) is 0 Å². The van der Waals surface area contributed by atoms with Crippen LogP contribution < -0.4 is 0 Å². The van der Waals surface area contributed by atoms with Gasteiger partial charge in [0.2, 0.25) is 5.91 Å². The van der Waals surface area contributed by atoms with E-state index in [-0.39, 0.29) is 18.6 Å². The summed E-state index contributed by atoms with van der Waals surface area (Å²) in [6, 6.07) is 9.96. The second kappa shape index (κ2) is 6.07. The maximum Gasteiger partial charge on any atom is 0.233 e. The number of carbonyl (C=O) groups excluding carboxylic acids is 1. The van der Waals surface area contributed by atoms with Crippen molar-refractivity contribution in [3.8, 4) is 0 Å². The van der Waals surface area contributed by atoms with Crippen LogP contribution in [-0.4, -0.2) is 40.9 Å². The third-order valence-corrected chi connectivity index (χ3v) is 4.01. The Morgan fingerprint density at radius 1 is 1.41 bits per heavy atom. The van der Waals surface area contributed by atoms with E-state index >= 15 is 0 Å². The molecule has 2 rings (SSSR count). The first-order valence-corrected chi connectivity index (χ1v) is 6.88. The molecule has 1 fully saturated rings. The molecule has 4 heteroatoms. The highest BCUT2D eigenvalue weighted by Gasteiger charge is 2.27. The molecule has 1 atom stereocenters. The molecule has 1 saturated heterocycles. The SMILES string of the molecule is O=C(CSc1ccccc1)N1CCC[C@@H]1CO. The molecule has 1 N–H and O–H groups in total. The highest BCUT2D eigenvalue weighted by Crippen LogP contribution is 2.21. The monoisotopic (exact) mass is 251 g/mol. The molecule has 3 nitrogen and oxygen atoms in total. The van der Waals surface area contributed by atoms with Crippen molar-refractivity contribution in [1.82, 2.24) is 4.90 Å². The lowest BCUT2D eigenvalue weighted by atomic mass is 10.2. The average Bonchev–Trinajstić information content (AvgIpc) is 2.85. The van der Waals surface area contributed by atoms with Gasteiger partial charge >= 0.3 is 0 Å². The molecule has 0 spiro atoms. The fourth-order valence-corrected chi connectivity index (χ4v) is 2.90. The van der Waals surface area contributed by atoms with Crippen LogP contribution >= 0.6 is 11.8 Å². The number of aliphatic hydroxyl groups is 1. The molecule has 0 unspecified atom stereocenters. The van der Waals surface area contributed by atoms with Crippen molar-refractivity contribution in [3.63, 3.8) is 0 Å². The van der Waals surface area contributed by atoms with Crippen LogP contribution in [0.15, 0.2) is 35.2 Å². The van der Waals surface area contributed by atoms with Gasteiger partial charge in [0.25, 0.3) is 0 Å². The summed E-state index contributed by atoms with van der Waals surface area (Å²) < 4.78 is 0. The van der Waals surface area contributed by atoms with Crippen molar-refractivity contribution in [2.75, 3.05) is 18.9 Å². The second-order valence-electron chi connectivity index (χ2n) is 4.17. The molecule has 0 aromatic heterocycles. The maximum absolute atomic E-state index is 12.0. The third-order valence-electron chi connectivity index (χ3n) is 3.01. The van der Waals surface area contributed by atoms with E-state index in [4.69, 9.17) is 5.11 Å². The number of carbonyl (C=O) groups is 1. The Morgan fingerprint density at radius 2 is 2.18 bits per heavy atom. The topological polar surface area (TPSA) is 40.5 Å². The first kappa shape index (κ1) is 12.5. The van der Waals surface area contributed by atoms with Crippen LogP contribution in [0.25, 0.3) is 0 Å². The predicted molar refractivity (Wildman–Crippen MR) is 69.0 cm³/mol. The number of amides is 1. The van der Waals surface area contributed by atoms with Gasteiger partial charge in [-0.1, -0.05) is 18.2 Å². The number of likely N-dealkylation sites (tertiary alicyclic amines) is 1. The van der Waals surface area contributed by atoms with Crippen LogP contribution in [0.4, 0.5) is 0 Å². The summed E-state index contributed by atoms with van der Waals surface area (Å²) in [5.41, 5.74) is 0. The number of nitrogens with zero attached hydrogens (tertiary/aromatic N) is 1. The van der Waals surface area contributed by atoms with E-state index in [9.17, 15) is 4.79 Å². The number of hydrogen-bond donors (Lipinski definition) is 1. The lowest BCUT2D eigenvalue weighted by Crippen LogP contribution is -2.38. The minimum Gasteiger partial charge on any atom is -0.394 e. The van der Waals surface area contributed by atoms with Gasteiger partial charge in [-0.2, -0.15) is 0 Å². The number of hydrogen-bond acceptors (Lipinski definition) is 3. The summed E-state index contributed by atoms with van der Waals surface area (Å²) in [6.45, 7) is 0.876. The summed E-state index contributed by atoms with van der Waals surface area (Å²) in [6.07, 6.45) is 1.94. The van der Waals surface area contributed by atoms with Crippen molar-refractivity contribution in [2.24, 2.45) is 0 Å². The fourth-order valence-electron chi connectivity index (χ4n) is 2.10. The quantitative estimate of drug-likeness (QED) is 0.829. The first-order valence-electron chi connectivity index (χ1n) is 5.89. The minimum absolute atomic E-state index is 0.0406. The van der Waals surface area contributed by atoms with Gasteiger partial charge in [0, 0.05) is 11.4 Å². The van der Waals surface area contributed by atoms with Gasteiger partial charge in [-0.05, 0) is 25.0 Å². The van der Waals surface area contributed by atoms with Crippen molar-refractivity contribution in [2.45, 2.75) is 23.8 Å². The number of thioether (sulfide) groups is 1. The molecule has 92 valence electrons. The van der Waals surface area contributed by atoms with Gasteiger partial charge in [0.05, 0.1) is 18.4 Å². The van der Waals surface area contributed by atoms with Crippen LogP contribution in [0.2, 0.25) is 0 Å². The summed E-state index contributed by atoms with van der Waals surface area (Å²) in [7, 11) is 0. The van der Waals surface area contributed by atoms with Crippen LogP contribution in [0.3, 0.4) is 0 Å². The molecule has 0 aliphatic carbocycles. The van der Waals surface area contributed by atoms with Crippen LogP contribution in [0, 0.1) is 0 Å². The molecule has 1 heterocycles. The highest BCUT2D eigenvalue weighted by molar-refractivity contribution is 8.00. The largest absolute Gasteiger partial charge is 0.394 e. The van der Waals surface area contributed by atoms with Gasteiger partial charge in [0.15, 0.2) is 0 Å².